The summed E-state index contributed by atoms with van der Waals surface area (Å²) in [6, 6.07) is 18.1. The van der Waals surface area contributed by atoms with Crippen molar-refractivity contribution in [1.82, 2.24) is 0 Å². The molecule has 0 aliphatic rings. The second kappa shape index (κ2) is 7.22. The topological polar surface area (TPSA) is 50.1 Å². The number of nitriles is 1. The van der Waals surface area contributed by atoms with Crippen LogP contribution in [0.2, 0.25) is 0 Å². The van der Waals surface area contributed by atoms with E-state index in [0.29, 0.717) is 22.8 Å². The van der Waals surface area contributed by atoms with Crippen molar-refractivity contribution in [2.45, 2.75) is 19.8 Å². The van der Waals surface area contributed by atoms with Crippen LogP contribution in [0.5, 0.6) is 0 Å². The lowest BCUT2D eigenvalue weighted by Gasteiger charge is -2.19. The Balaban J connectivity index is 2.40. The van der Waals surface area contributed by atoms with E-state index in [9.17, 15) is 4.57 Å². The average Bonchev–Trinajstić information content (AvgIpc) is 2.56. The molecule has 0 fully saturated rings. The van der Waals surface area contributed by atoms with Crippen molar-refractivity contribution in [1.29, 1.82) is 5.26 Å². The Kier molecular flexibility index (Phi) is 5.33. The van der Waals surface area contributed by atoms with Gasteiger partial charge in [-0.05, 0) is 42.8 Å². The lowest BCUT2D eigenvalue weighted by Crippen LogP contribution is -2.18. The van der Waals surface area contributed by atoms with Crippen LogP contribution >= 0.6 is 7.37 Å². The number of benzene rings is 2. The molecular formula is C17H18NO2P. The van der Waals surface area contributed by atoms with Gasteiger partial charge in [0.15, 0.2) is 0 Å². The summed E-state index contributed by atoms with van der Waals surface area (Å²) in [5.41, 5.74) is 0.548. The van der Waals surface area contributed by atoms with Crippen molar-refractivity contribution in [3.05, 3.63) is 60.2 Å². The third-order valence-electron chi connectivity index (χ3n) is 3.20. The number of nitrogens with zero attached hydrogens (tertiary/aromatic N) is 1. The molecule has 108 valence electrons. The summed E-state index contributed by atoms with van der Waals surface area (Å²) >= 11 is 0. The van der Waals surface area contributed by atoms with E-state index in [1.54, 1.807) is 24.3 Å². The molecule has 21 heavy (non-hydrogen) atoms. The van der Waals surface area contributed by atoms with Gasteiger partial charge in [-0.15, -0.1) is 0 Å². The molecule has 0 saturated heterocycles. The number of rotatable bonds is 6. The zero-order valence-electron chi connectivity index (χ0n) is 12.0. The summed E-state index contributed by atoms with van der Waals surface area (Å²) in [6.07, 6.45) is 1.86. The highest BCUT2D eigenvalue weighted by molar-refractivity contribution is 7.74. The lowest BCUT2D eigenvalue weighted by molar-refractivity contribution is 0.318. The van der Waals surface area contributed by atoms with Gasteiger partial charge in [0.25, 0.3) is 7.37 Å². The Morgan fingerprint density at radius 2 is 1.67 bits per heavy atom. The molecule has 1 atom stereocenters. The van der Waals surface area contributed by atoms with Gasteiger partial charge in [-0.2, -0.15) is 5.26 Å². The largest absolute Gasteiger partial charge is 0.322 e. The van der Waals surface area contributed by atoms with Crippen molar-refractivity contribution in [2.24, 2.45) is 0 Å². The maximum absolute atomic E-state index is 13.4. The number of hydrogen-bond donors (Lipinski definition) is 0. The van der Waals surface area contributed by atoms with E-state index in [2.05, 4.69) is 13.0 Å². The van der Waals surface area contributed by atoms with Crippen LogP contribution in [-0.2, 0) is 9.09 Å². The maximum atomic E-state index is 13.4. The van der Waals surface area contributed by atoms with Crippen molar-refractivity contribution in [3.63, 3.8) is 0 Å². The molecule has 2 aromatic carbocycles. The lowest BCUT2D eigenvalue weighted by atomic mass is 10.2. The fraction of sp³-hybridized carbons (Fsp3) is 0.235. The third-order valence-corrected chi connectivity index (χ3v) is 5.71. The van der Waals surface area contributed by atoms with Crippen LogP contribution in [0, 0.1) is 11.3 Å². The van der Waals surface area contributed by atoms with Crippen molar-refractivity contribution < 1.29 is 9.09 Å². The van der Waals surface area contributed by atoms with E-state index >= 15 is 0 Å². The standard InChI is InChI=1S/C17H18NO2P/c1-2-3-13-20-21(19,16-7-5-4-6-8-16)17-11-9-15(14-18)10-12-17/h4-12H,2-3,13H2,1H3. The zero-order valence-corrected chi connectivity index (χ0v) is 12.9. The molecule has 4 heteroatoms. The van der Waals surface area contributed by atoms with Gasteiger partial charge < -0.3 is 4.52 Å². The second-order valence-corrected chi connectivity index (χ2v) is 7.13. The fourth-order valence-electron chi connectivity index (χ4n) is 1.99. The van der Waals surface area contributed by atoms with Crippen LogP contribution in [0.1, 0.15) is 25.3 Å². The Bertz CT molecular complexity index is 659. The summed E-state index contributed by atoms with van der Waals surface area (Å²) in [5.74, 6) is 0. The van der Waals surface area contributed by atoms with E-state index < -0.39 is 7.37 Å². The fourth-order valence-corrected chi connectivity index (χ4v) is 4.08. The summed E-state index contributed by atoms with van der Waals surface area (Å²) in [5, 5.41) is 10.2. The van der Waals surface area contributed by atoms with Crippen molar-refractivity contribution >= 4 is 18.0 Å². The predicted octanol–water partition coefficient (Wildman–Crippen LogP) is 3.60. The minimum Gasteiger partial charge on any atom is -0.322 e. The van der Waals surface area contributed by atoms with Crippen molar-refractivity contribution in [3.8, 4) is 6.07 Å². The Morgan fingerprint density at radius 3 is 2.24 bits per heavy atom. The maximum Gasteiger partial charge on any atom is 0.261 e. The monoisotopic (exact) mass is 299 g/mol. The second-order valence-electron chi connectivity index (χ2n) is 4.73. The van der Waals surface area contributed by atoms with E-state index in [1.165, 1.54) is 0 Å². The summed E-state index contributed by atoms with van der Waals surface area (Å²) < 4.78 is 19.2. The van der Waals surface area contributed by atoms with Gasteiger partial charge in [0.2, 0.25) is 0 Å². The van der Waals surface area contributed by atoms with E-state index in [0.717, 1.165) is 12.8 Å². The van der Waals surface area contributed by atoms with Gasteiger partial charge in [-0.25, -0.2) is 0 Å². The van der Waals surface area contributed by atoms with Gasteiger partial charge >= 0.3 is 0 Å². The van der Waals surface area contributed by atoms with Crippen LogP contribution < -0.4 is 10.6 Å². The first-order valence-corrected chi connectivity index (χ1v) is 8.64. The van der Waals surface area contributed by atoms with E-state index in [1.807, 2.05) is 30.3 Å². The third kappa shape index (κ3) is 3.61. The molecule has 0 amide bonds. The van der Waals surface area contributed by atoms with Gasteiger partial charge in [0.1, 0.15) is 0 Å². The van der Waals surface area contributed by atoms with Gasteiger partial charge in [-0.1, -0.05) is 31.5 Å². The molecule has 0 aliphatic carbocycles. The van der Waals surface area contributed by atoms with Gasteiger partial charge in [0, 0.05) is 10.6 Å². The molecule has 0 N–H and O–H groups in total. The quantitative estimate of drug-likeness (QED) is 0.605. The first-order valence-electron chi connectivity index (χ1n) is 7.01. The van der Waals surface area contributed by atoms with Crippen LogP contribution in [0.15, 0.2) is 54.6 Å². The normalized spacial score (nSPS) is 13.3. The Labute approximate surface area is 125 Å². The Morgan fingerprint density at radius 1 is 1.05 bits per heavy atom. The van der Waals surface area contributed by atoms with Gasteiger partial charge in [-0.3, -0.25) is 4.57 Å². The highest BCUT2D eigenvalue weighted by Crippen LogP contribution is 2.44. The summed E-state index contributed by atoms with van der Waals surface area (Å²) in [4.78, 5) is 0. The minimum atomic E-state index is -3.09. The van der Waals surface area contributed by atoms with Gasteiger partial charge in [0.05, 0.1) is 18.2 Å². The Hall–Kier alpha value is -1.88. The van der Waals surface area contributed by atoms with Crippen LogP contribution in [0.4, 0.5) is 0 Å². The zero-order chi connectivity index (χ0) is 15.1. The molecule has 2 aromatic rings. The van der Waals surface area contributed by atoms with Crippen molar-refractivity contribution in [2.75, 3.05) is 6.61 Å². The first kappa shape index (κ1) is 15.5. The summed E-state index contributed by atoms with van der Waals surface area (Å²) in [7, 11) is -3.09. The first-order chi connectivity index (χ1) is 10.2. The number of hydrogen-bond acceptors (Lipinski definition) is 3. The molecule has 0 heterocycles. The highest BCUT2D eigenvalue weighted by Gasteiger charge is 2.28. The average molecular weight is 299 g/mol. The molecule has 3 nitrogen and oxygen atoms in total. The molecule has 2 rings (SSSR count). The molecule has 0 bridgehead atoms. The molecule has 0 saturated carbocycles. The van der Waals surface area contributed by atoms with Crippen LogP contribution in [0.3, 0.4) is 0 Å². The predicted molar refractivity (Wildman–Crippen MR) is 85.3 cm³/mol. The molecular weight excluding hydrogens is 281 g/mol. The smallest absolute Gasteiger partial charge is 0.261 e. The number of unbranched alkanes of at least 4 members (excludes halogenated alkanes) is 1. The SMILES string of the molecule is CCCCOP(=O)(c1ccccc1)c1ccc(C#N)cc1. The highest BCUT2D eigenvalue weighted by atomic mass is 31.2. The molecule has 1 unspecified atom stereocenters. The van der Waals surface area contributed by atoms with E-state index in [4.69, 9.17) is 9.79 Å². The van der Waals surface area contributed by atoms with Crippen LogP contribution in [-0.4, -0.2) is 6.61 Å². The van der Waals surface area contributed by atoms with Crippen LogP contribution in [0.25, 0.3) is 0 Å². The molecule has 0 spiro atoms. The molecule has 0 aliphatic heterocycles. The van der Waals surface area contributed by atoms with E-state index in [-0.39, 0.29) is 0 Å². The molecule has 0 radical (unpaired) electrons. The minimum absolute atomic E-state index is 0.461. The molecule has 0 aromatic heterocycles. The summed E-state index contributed by atoms with van der Waals surface area (Å²) in [6.45, 7) is 2.53.